The van der Waals surface area contributed by atoms with Gasteiger partial charge in [-0.05, 0) is 44.4 Å². The van der Waals surface area contributed by atoms with Gasteiger partial charge in [0.1, 0.15) is 0 Å². The Bertz CT molecular complexity index is 632. The lowest BCUT2D eigenvalue weighted by atomic mass is 9.93. The molecule has 0 unspecified atom stereocenters. The molecular formula is C17H29N3O4S. The Morgan fingerprint density at radius 2 is 1.88 bits per heavy atom. The number of hydrogen-bond acceptors (Lipinski definition) is 6. The number of piperidine rings is 1. The summed E-state index contributed by atoms with van der Waals surface area (Å²) in [6.07, 6.45) is 6.23. The van der Waals surface area contributed by atoms with Gasteiger partial charge in [-0.1, -0.05) is 12.1 Å². The zero-order valence-electron chi connectivity index (χ0n) is 15.0. The van der Waals surface area contributed by atoms with Crippen molar-refractivity contribution in [3.63, 3.8) is 0 Å². The summed E-state index contributed by atoms with van der Waals surface area (Å²) in [7, 11) is -3.05. The van der Waals surface area contributed by atoms with Crippen LogP contribution in [0.15, 0.2) is 4.52 Å². The molecule has 0 amide bonds. The van der Waals surface area contributed by atoms with E-state index in [1.165, 1.54) is 0 Å². The summed E-state index contributed by atoms with van der Waals surface area (Å²) >= 11 is 0. The molecule has 2 aliphatic heterocycles. The molecular weight excluding hydrogens is 342 g/mol. The van der Waals surface area contributed by atoms with E-state index in [1.807, 2.05) is 6.92 Å². The second-order valence-corrected chi connectivity index (χ2v) is 9.22. The van der Waals surface area contributed by atoms with Crippen LogP contribution in [-0.4, -0.2) is 54.9 Å². The number of aryl methyl sites for hydroxylation is 1. The van der Waals surface area contributed by atoms with Crippen molar-refractivity contribution in [2.45, 2.75) is 57.8 Å². The van der Waals surface area contributed by atoms with Crippen LogP contribution in [0.4, 0.5) is 0 Å². The largest absolute Gasteiger partial charge is 0.381 e. The SMILES string of the molecule is CCCS(=O)(=O)N1CCC(CCc2noc(C3CCOCC3)n2)CC1. The van der Waals surface area contributed by atoms with Crippen LogP contribution < -0.4 is 0 Å². The van der Waals surface area contributed by atoms with Crippen LogP contribution in [0.5, 0.6) is 0 Å². The average molecular weight is 372 g/mol. The lowest BCUT2D eigenvalue weighted by Crippen LogP contribution is -2.39. The summed E-state index contributed by atoms with van der Waals surface area (Å²) in [5.41, 5.74) is 0. The zero-order valence-corrected chi connectivity index (χ0v) is 15.8. The van der Waals surface area contributed by atoms with Crippen LogP contribution in [0.3, 0.4) is 0 Å². The van der Waals surface area contributed by atoms with Gasteiger partial charge in [0.2, 0.25) is 15.9 Å². The van der Waals surface area contributed by atoms with Crippen LogP contribution in [0.2, 0.25) is 0 Å². The number of rotatable bonds is 7. The Labute approximate surface area is 150 Å². The third-order valence-corrected chi connectivity index (χ3v) is 7.34. The molecule has 8 heteroatoms. The third-order valence-electron chi connectivity index (χ3n) is 5.26. The average Bonchev–Trinajstić information content (AvgIpc) is 3.10. The highest BCUT2D eigenvalue weighted by Crippen LogP contribution is 2.27. The zero-order chi connectivity index (χ0) is 17.7. The first kappa shape index (κ1) is 18.8. The van der Waals surface area contributed by atoms with Crippen LogP contribution in [0.25, 0.3) is 0 Å². The molecule has 0 N–H and O–H groups in total. The molecule has 3 rings (SSSR count). The van der Waals surface area contributed by atoms with Gasteiger partial charge in [0.15, 0.2) is 5.82 Å². The van der Waals surface area contributed by atoms with E-state index in [0.29, 0.717) is 31.3 Å². The Hall–Kier alpha value is -0.990. The molecule has 0 spiro atoms. The summed E-state index contributed by atoms with van der Waals surface area (Å²) in [6.45, 7) is 4.73. The highest BCUT2D eigenvalue weighted by atomic mass is 32.2. The minimum Gasteiger partial charge on any atom is -0.381 e. The number of aromatic nitrogens is 2. The van der Waals surface area contributed by atoms with Gasteiger partial charge >= 0.3 is 0 Å². The van der Waals surface area contributed by atoms with Crippen LogP contribution in [0, 0.1) is 5.92 Å². The van der Waals surface area contributed by atoms with Gasteiger partial charge in [-0.3, -0.25) is 0 Å². The van der Waals surface area contributed by atoms with Gasteiger partial charge in [-0.2, -0.15) is 4.98 Å². The van der Waals surface area contributed by atoms with Gasteiger partial charge < -0.3 is 9.26 Å². The first-order chi connectivity index (χ1) is 12.1. The molecule has 0 radical (unpaired) electrons. The number of hydrogen-bond donors (Lipinski definition) is 0. The fraction of sp³-hybridized carbons (Fsp3) is 0.882. The maximum atomic E-state index is 12.1. The minimum atomic E-state index is -3.05. The van der Waals surface area contributed by atoms with Crippen LogP contribution >= 0.6 is 0 Å². The smallest absolute Gasteiger partial charge is 0.229 e. The molecule has 2 fully saturated rings. The number of sulfonamides is 1. The third kappa shape index (κ3) is 5.01. The molecule has 0 atom stereocenters. The van der Waals surface area contributed by atoms with E-state index in [1.54, 1.807) is 4.31 Å². The summed E-state index contributed by atoms with van der Waals surface area (Å²) in [5.74, 6) is 2.66. The van der Waals surface area contributed by atoms with Crippen molar-refractivity contribution < 1.29 is 17.7 Å². The predicted octanol–water partition coefficient (Wildman–Crippen LogP) is 2.35. The van der Waals surface area contributed by atoms with Crippen molar-refractivity contribution in [1.82, 2.24) is 14.4 Å². The van der Waals surface area contributed by atoms with E-state index < -0.39 is 10.0 Å². The molecule has 142 valence electrons. The molecule has 0 aliphatic carbocycles. The molecule has 25 heavy (non-hydrogen) atoms. The number of ether oxygens (including phenoxy) is 1. The summed E-state index contributed by atoms with van der Waals surface area (Å²) in [6, 6.07) is 0. The fourth-order valence-electron chi connectivity index (χ4n) is 3.68. The van der Waals surface area contributed by atoms with Gasteiger partial charge in [0.25, 0.3) is 0 Å². The first-order valence-corrected chi connectivity index (χ1v) is 11.1. The second-order valence-electron chi connectivity index (χ2n) is 7.13. The lowest BCUT2D eigenvalue weighted by Gasteiger charge is -2.31. The van der Waals surface area contributed by atoms with E-state index in [-0.39, 0.29) is 5.75 Å². The predicted molar refractivity (Wildman–Crippen MR) is 93.8 cm³/mol. The molecule has 2 saturated heterocycles. The molecule has 7 nitrogen and oxygen atoms in total. The second kappa shape index (κ2) is 8.60. The maximum absolute atomic E-state index is 12.1. The van der Waals surface area contributed by atoms with Gasteiger partial charge in [0, 0.05) is 38.6 Å². The topological polar surface area (TPSA) is 85.5 Å². The minimum absolute atomic E-state index is 0.259. The van der Waals surface area contributed by atoms with Crippen LogP contribution in [0.1, 0.15) is 63.1 Å². The lowest BCUT2D eigenvalue weighted by molar-refractivity contribution is 0.0778. The van der Waals surface area contributed by atoms with Crippen molar-refractivity contribution in [1.29, 1.82) is 0 Å². The molecule has 0 bridgehead atoms. The van der Waals surface area contributed by atoms with Crippen molar-refractivity contribution >= 4 is 10.0 Å². The van der Waals surface area contributed by atoms with E-state index >= 15 is 0 Å². The molecule has 1 aromatic heterocycles. The molecule has 0 aromatic carbocycles. The molecule has 3 heterocycles. The van der Waals surface area contributed by atoms with Crippen molar-refractivity contribution in [2.75, 3.05) is 32.1 Å². The summed E-state index contributed by atoms with van der Waals surface area (Å²) in [5, 5.41) is 4.12. The van der Waals surface area contributed by atoms with Crippen molar-refractivity contribution in [3.05, 3.63) is 11.7 Å². The highest BCUT2D eigenvalue weighted by Gasteiger charge is 2.27. The quantitative estimate of drug-likeness (QED) is 0.731. The molecule has 0 saturated carbocycles. The van der Waals surface area contributed by atoms with E-state index in [2.05, 4.69) is 10.1 Å². The Kier molecular flexibility index (Phi) is 6.46. The van der Waals surface area contributed by atoms with Crippen molar-refractivity contribution in [3.8, 4) is 0 Å². The van der Waals surface area contributed by atoms with E-state index in [0.717, 1.165) is 63.5 Å². The highest BCUT2D eigenvalue weighted by molar-refractivity contribution is 7.89. The Morgan fingerprint density at radius 3 is 2.56 bits per heavy atom. The number of nitrogens with zero attached hydrogens (tertiary/aromatic N) is 3. The van der Waals surface area contributed by atoms with Gasteiger partial charge in [-0.25, -0.2) is 12.7 Å². The van der Waals surface area contributed by atoms with Crippen LogP contribution in [-0.2, 0) is 21.2 Å². The normalized spacial score (nSPS) is 21.6. The molecule has 2 aliphatic rings. The summed E-state index contributed by atoms with van der Waals surface area (Å²) in [4.78, 5) is 4.56. The monoisotopic (exact) mass is 371 g/mol. The Balaban J connectivity index is 1.43. The maximum Gasteiger partial charge on any atom is 0.229 e. The first-order valence-electron chi connectivity index (χ1n) is 9.46. The molecule has 1 aromatic rings. The Morgan fingerprint density at radius 1 is 1.16 bits per heavy atom. The van der Waals surface area contributed by atoms with Gasteiger partial charge in [-0.15, -0.1) is 0 Å². The van der Waals surface area contributed by atoms with E-state index in [4.69, 9.17) is 9.26 Å². The van der Waals surface area contributed by atoms with Crippen molar-refractivity contribution in [2.24, 2.45) is 5.92 Å². The summed E-state index contributed by atoms with van der Waals surface area (Å²) < 4.78 is 36.7. The van der Waals surface area contributed by atoms with Gasteiger partial charge in [0.05, 0.1) is 5.75 Å². The fourth-order valence-corrected chi connectivity index (χ4v) is 5.22. The standard InChI is InChI=1S/C17H29N3O4S/c1-2-13-25(21,22)20-9-5-14(6-10-20)3-4-16-18-17(24-19-16)15-7-11-23-12-8-15/h14-15H,2-13H2,1H3. The van der Waals surface area contributed by atoms with E-state index in [9.17, 15) is 8.42 Å².